The number of H-pyrrole nitrogens is 1. The number of hydrogen-bond acceptors (Lipinski definition) is 4. The van der Waals surface area contributed by atoms with Gasteiger partial charge in [0.25, 0.3) is 10.0 Å². The van der Waals surface area contributed by atoms with E-state index in [1.807, 2.05) is 13.8 Å². The molecule has 2 aromatic rings. The summed E-state index contributed by atoms with van der Waals surface area (Å²) < 4.78 is 27.5. The number of rotatable bonds is 5. The first-order valence-electron chi connectivity index (χ1n) is 6.41. The summed E-state index contributed by atoms with van der Waals surface area (Å²) in [6.45, 7) is 3.83. The van der Waals surface area contributed by atoms with Crippen molar-refractivity contribution in [2.24, 2.45) is 0 Å². The zero-order valence-electron chi connectivity index (χ0n) is 11.5. The summed E-state index contributed by atoms with van der Waals surface area (Å²) in [6.07, 6.45) is 2.91. The van der Waals surface area contributed by atoms with Crippen LogP contribution in [0.2, 0.25) is 0 Å². The van der Waals surface area contributed by atoms with Crippen molar-refractivity contribution in [1.29, 1.82) is 0 Å². The smallest absolute Gasteiger partial charge is 0.263 e. The lowest BCUT2D eigenvalue weighted by molar-refractivity contribution is 0.600. The fourth-order valence-corrected chi connectivity index (χ4v) is 3.37. The Morgan fingerprint density at radius 1 is 1.25 bits per heavy atom. The second kappa shape index (κ2) is 5.54. The lowest BCUT2D eigenvalue weighted by Crippen LogP contribution is -2.16. The van der Waals surface area contributed by atoms with Crippen molar-refractivity contribution in [2.45, 2.75) is 31.6 Å². The van der Waals surface area contributed by atoms with Gasteiger partial charge in [0.1, 0.15) is 5.82 Å². The summed E-state index contributed by atoms with van der Waals surface area (Å²) >= 11 is 0. The predicted molar refractivity (Wildman–Crippen MR) is 79.0 cm³/mol. The van der Waals surface area contributed by atoms with Gasteiger partial charge in [-0.25, -0.2) is 8.42 Å². The molecule has 0 aliphatic carbocycles. The molecule has 0 fully saturated rings. The van der Waals surface area contributed by atoms with Crippen molar-refractivity contribution in [3.63, 3.8) is 0 Å². The van der Waals surface area contributed by atoms with Crippen molar-refractivity contribution in [1.82, 2.24) is 10.2 Å². The van der Waals surface area contributed by atoms with Crippen molar-refractivity contribution < 1.29 is 8.42 Å². The Balaban J connectivity index is 2.43. The summed E-state index contributed by atoms with van der Waals surface area (Å²) in [5.41, 5.74) is 7.66. The monoisotopic (exact) mass is 294 g/mol. The minimum absolute atomic E-state index is 0.205. The summed E-state index contributed by atoms with van der Waals surface area (Å²) in [5, 5.41) is 6.52. The van der Waals surface area contributed by atoms with Crippen LogP contribution in [0.1, 0.15) is 25.0 Å². The van der Waals surface area contributed by atoms with Gasteiger partial charge in [0.05, 0.1) is 11.1 Å². The number of anilines is 2. The zero-order valence-corrected chi connectivity index (χ0v) is 12.3. The minimum atomic E-state index is -3.68. The molecule has 0 amide bonds. The second-order valence-electron chi connectivity index (χ2n) is 4.45. The number of benzene rings is 1. The second-order valence-corrected chi connectivity index (χ2v) is 6.10. The van der Waals surface area contributed by atoms with E-state index in [4.69, 9.17) is 5.73 Å². The van der Waals surface area contributed by atoms with E-state index in [9.17, 15) is 8.42 Å². The highest BCUT2D eigenvalue weighted by molar-refractivity contribution is 7.92. The van der Waals surface area contributed by atoms with Crippen molar-refractivity contribution in [2.75, 3.05) is 10.5 Å². The summed E-state index contributed by atoms with van der Waals surface area (Å²) in [5.74, 6) is 0.400. The van der Waals surface area contributed by atoms with Crippen molar-refractivity contribution in [3.8, 4) is 0 Å². The van der Waals surface area contributed by atoms with Crippen LogP contribution in [0.15, 0.2) is 29.3 Å². The lowest BCUT2D eigenvalue weighted by Gasteiger charge is -2.12. The van der Waals surface area contributed by atoms with E-state index in [2.05, 4.69) is 14.9 Å². The first-order chi connectivity index (χ1) is 9.47. The van der Waals surface area contributed by atoms with E-state index in [1.165, 1.54) is 6.07 Å². The van der Waals surface area contributed by atoms with Crippen LogP contribution in [0, 0.1) is 0 Å². The molecule has 0 aliphatic rings. The molecule has 1 heterocycles. The molecule has 108 valence electrons. The summed E-state index contributed by atoms with van der Waals surface area (Å²) in [4.78, 5) is 0.205. The molecule has 0 spiro atoms. The number of hydrogen-bond donors (Lipinski definition) is 3. The molecule has 0 aliphatic heterocycles. The van der Waals surface area contributed by atoms with Crippen LogP contribution in [0.3, 0.4) is 0 Å². The maximum Gasteiger partial charge on any atom is 0.263 e. The fourth-order valence-electron chi connectivity index (χ4n) is 1.97. The van der Waals surface area contributed by atoms with Gasteiger partial charge in [-0.2, -0.15) is 5.10 Å². The third-order valence-electron chi connectivity index (χ3n) is 3.10. The first kappa shape index (κ1) is 14.4. The van der Waals surface area contributed by atoms with Crippen molar-refractivity contribution in [3.05, 3.63) is 35.5 Å². The molecule has 2 rings (SSSR count). The van der Waals surface area contributed by atoms with Crippen molar-refractivity contribution >= 4 is 21.5 Å². The topological polar surface area (TPSA) is 101 Å². The number of aromatic nitrogens is 2. The Morgan fingerprint density at radius 3 is 2.60 bits per heavy atom. The molecule has 1 aromatic carbocycles. The SMILES string of the molecule is CCc1ccc(N)cc1S(=O)(=O)Nc1[nH]ncc1CC. The number of aryl methyl sites for hydroxylation is 2. The Kier molecular flexibility index (Phi) is 3.99. The van der Waals surface area contributed by atoms with E-state index in [-0.39, 0.29) is 4.90 Å². The Morgan fingerprint density at radius 2 is 1.95 bits per heavy atom. The molecule has 6 nitrogen and oxygen atoms in total. The van der Waals surface area contributed by atoms with E-state index in [0.717, 1.165) is 11.1 Å². The third-order valence-corrected chi connectivity index (χ3v) is 4.53. The lowest BCUT2D eigenvalue weighted by atomic mass is 10.1. The highest BCUT2D eigenvalue weighted by Crippen LogP contribution is 2.23. The Labute approximate surface area is 118 Å². The van der Waals surface area contributed by atoms with Crippen LogP contribution < -0.4 is 10.5 Å². The molecular weight excluding hydrogens is 276 g/mol. The number of aromatic amines is 1. The number of nitrogen functional groups attached to an aromatic ring is 1. The van der Waals surface area contributed by atoms with Gasteiger partial charge in [-0.05, 0) is 30.5 Å². The Hall–Kier alpha value is -2.02. The van der Waals surface area contributed by atoms with Gasteiger partial charge in [-0.15, -0.1) is 0 Å². The molecule has 4 N–H and O–H groups in total. The molecule has 7 heteroatoms. The minimum Gasteiger partial charge on any atom is -0.399 e. The predicted octanol–water partition coefficient (Wildman–Crippen LogP) is 1.92. The largest absolute Gasteiger partial charge is 0.399 e. The average molecular weight is 294 g/mol. The molecular formula is C13H18N4O2S. The molecule has 1 aromatic heterocycles. The summed E-state index contributed by atoms with van der Waals surface area (Å²) in [6, 6.07) is 4.91. The standard InChI is InChI=1S/C13H18N4O2S/c1-3-9-5-6-11(14)7-12(9)20(18,19)17-13-10(4-2)8-15-16-13/h5-8H,3-4,14H2,1-2H3,(H2,15,16,17). The number of nitrogens with one attached hydrogen (secondary N) is 2. The van der Waals surface area contributed by atoms with E-state index < -0.39 is 10.0 Å². The average Bonchev–Trinajstić information content (AvgIpc) is 2.85. The molecule has 0 unspecified atom stereocenters. The van der Waals surface area contributed by atoms with Gasteiger partial charge in [-0.3, -0.25) is 9.82 Å². The first-order valence-corrected chi connectivity index (χ1v) is 7.89. The van der Waals surface area contributed by atoms with Gasteiger partial charge in [0.15, 0.2) is 0 Å². The normalized spacial score (nSPS) is 11.5. The van der Waals surface area contributed by atoms with Crippen LogP contribution in [0.4, 0.5) is 11.5 Å². The van der Waals surface area contributed by atoms with Gasteiger partial charge in [-0.1, -0.05) is 19.9 Å². The van der Waals surface area contributed by atoms with Crippen LogP contribution in [0.25, 0.3) is 0 Å². The van der Waals surface area contributed by atoms with Crippen LogP contribution >= 0.6 is 0 Å². The number of nitrogens with two attached hydrogens (primary N) is 1. The molecule has 0 saturated heterocycles. The highest BCUT2D eigenvalue weighted by Gasteiger charge is 2.20. The molecule has 0 radical (unpaired) electrons. The quantitative estimate of drug-likeness (QED) is 0.733. The third kappa shape index (κ3) is 2.77. The van der Waals surface area contributed by atoms with Gasteiger partial charge in [0, 0.05) is 11.3 Å². The molecule has 0 saturated carbocycles. The van der Waals surface area contributed by atoms with Gasteiger partial charge < -0.3 is 5.73 Å². The summed E-state index contributed by atoms with van der Waals surface area (Å²) in [7, 11) is -3.68. The molecule has 0 bridgehead atoms. The van der Waals surface area contributed by atoms with Gasteiger partial charge in [0.2, 0.25) is 0 Å². The number of sulfonamides is 1. The number of nitrogens with zero attached hydrogens (tertiary/aromatic N) is 1. The van der Waals surface area contributed by atoms with E-state index in [0.29, 0.717) is 24.3 Å². The maximum atomic E-state index is 12.5. The van der Waals surface area contributed by atoms with Gasteiger partial charge >= 0.3 is 0 Å². The van der Waals surface area contributed by atoms with Crippen LogP contribution in [-0.2, 0) is 22.9 Å². The van der Waals surface area contributed by atoms with E-state index in [1.54, 1.807) is 18.3 Å². The van der Waals surface area contributed by atoms with E-state index >= 15 is 0 Å². The maximum absolute atomic E-state index is 12.5. The zero-order chi connectivity index (χ0) is 14.8. The fraction of sp³-hybridized carbons (Fsp3) is 0.308. The van der Waals surface area contributed by atoms with Crippen LogP contribution in [0.5, 0.6) is 0 Å². The molecule has 0 atom stereocenters. The van der Waals surface area contributed by atoms with Crippen LogP contribution in [-0.4, -0.2) is 18.6 Å². The molecule has 20 heavy (non-hydrogen) atoms. The highest BCUT2D eigenvalue weighted by atomic mass is 32.2. The Bertz CT molecular complexity index is 707.